The molecule has 1 rings (SSSR count). The van der Waals surface area contributed by atoms with Gasteiger partial charge < -0.3 is 10.7 Å². The van der Waals surface area contributed by atoms with Crippen LogP contribution in [-0.2, 0) is 4.79 Å². The van der Waals surface area contributed by atoms with E-state index in [0.29, 0.717) is 12.3 Å². The number of carbonyl (C=O) groups is 1. The Bertz CT molecular complexity index is 458. The average molecular weight is 259 g/mol. The summed E-state index contributed by atoms with van der Waals surface area (Å²) in [5.74, 6) is -0.220. The van der Waals surface area contributed by atoms with Crippen molar-refractivity contribution in [3.63, 3.8) is 0 Å². The van der Waals surface area contributed by atoms with Crippen LogP contribution in [0.2, 0.25) is 0 Å². The topological polar surface area (TPSA) is 53.5 Å². The van der Waals surface area contributed by atoms with Crippen molar-refractivity contribution in [3.8, 4) is 0 Å². The van der Waals surface area contributed by atoms with Crippen molar-refractivity contribution in [1.82, 2.24) is 10.7 Å². The maximum atomic E-state index is 12.1. The first-order valence-corrected chi connectivity index (χ1v) is 6.23. The first-order chi connectivity index (χ1) is 8.94. The van der Waals surface area contributed by atoms with Crippen LogP contribution in [0.15, 0.2) is 48.1 Å². The SMILES string of the molecule is C=CCNC(=O)/C(=N\NC(C)(C)C)c1ccccc1. The number of benzene rings is 1. The third-order valence-electron chi connectivity index (χ3n) is 2.17. The quantitative estimate of drug-likeness (QED) is 0.483. The molecule has 0 spiro atoms. The molecule has 0 saturated heterocycles. The highest BCUT2D eigenvalue weighted by molar-refractivity contribution is 6.45. The molecule has 1 aromatic carbocycles. The Labute approximate surface area is 114 Å². The second kappa shape index (κ2) is 6.73. The summed E-state index contributed by atoms with van der Waals surface area (Å²) in [6.07, 6.45) is 1.64. The van der Waals surface area contributed by atoms with E-state index < -0.39 is 0 Å². The largest absolute Gasteiger partial charge is 0.347 e. The van der Waals surface area contributed by atoms with E-state index >= 15 is 0 Å². The summed E-state index contributed by atoms with van der Waals surface area (Å²) >= 11 is 0. The summed E-state index contributed by atoms with van der Waals surface area (Å²) in [4.78, 5) is 12.1. The fourth-order valence-corrected chi connectivity index (χ4v) is 1.31. The molecular weight excluding hydrogens is 238 g/mol. The van der Waals surface area contributed by atoms with Gasteiger partial charge in [0.05, 0.1) is 0 Å². The third-order valence-corrected chi connectivity index (χ3v) is 2.17. The number of hydrogen-bond acceptors (Lipinski definition) is 3. The Hall–Kier alpha value is -2.10. The molecular formula is C15H21N3O. The van der Waals surface area contributed by atoms with E-state index in [2.05, 4.69) is 22.4 Å². The molecule has 0 aromatic heterocycles. The molecule has 1 amide bonds. The van der Waals surface area contributed by atoms with Gasteiger partial charge in [-0.15, -0.1) is 6.58 Å². The van der Waals surface area contributed by atoms with Crippen molar-refractivity contribution in [1.29, 1.82) is 0 Å². The Morgan fingerprint density at radius 3 is 2.47 bits per heavy atom. The highest BCUT2D eigenvalue weighted by Crippen LogP contribution is 2.04. The van der Waals surface area contributed by atoms with Crippen LogP contribution in [-0.4, -0.2) is 23.7 Å². The summed E-state index contributed by atoms with van der Waals surface area (Å²) in [7, 11) is 0. The first kappa shape index (κ1) is 15.0. The van der Waals surface area contributed by atoms with Gasteiger partial charge in [0.1, 0.15) is 0 Å². The predicted molar refractivity (Wildman–Crippen MR) is 79.1 cm³/mol. The van der Waals surface area contributed by atoms with Crippen LogP contribution in [0.3, 0.4) is 0 Å². The van der Waals surface area contributed by atoms with E-state index in [0.717, 1.165) is 5.56 Å². The molecule has 4 heteroatoms. The summed E-state index contributed by atoms with van der Waals surface area (Å²) in [5.41, 5.74) is 3.93. The molecule has 1 aromatic rings. The van der Waals surface area contributed by atoms with Gasteiger partial charge in [0.2, 0.25) is 0 Å². The zero-order valence-corrected chi connectivity index (χ0v) is 11.7. The molecule has 0 unspecified atom stereocenters. The van der Waals surface area contributed by atoms with Crippen molar-refractivity contribution >= 4 is 11.6 Å². The number of rotatable bonds is 5. The van der Waals surface area contributed by atoms with Crippen LogP contribution in [0, 0.1) is 0 Å². The van der Waals surface area contributed by atoms with Gasteiger partial charge in [-0.3, -0.25) is 4.79 Å². The molecule has 4 nitrogen and oxygen atoms in total. The average Bonchev–Trinajstić information content (AvgIpc) is 2.36. The molecule has 0 fully saturated rings. The Morgan fingerprint density at radius 2 is 1.95 bits per heavy atom. The van der Waals surface area contributed by atoms with E-state index in [9.17, 15) is 4.79 Å². The molecule has 0 aliphatic rings. The van der Waals surface area contributed by atoms with E-state index in [-0.39, 0.29) is 11.4 Å². The van der Waals surface area contributed by atoms with Crippen LogP contribution < -0.4 is 10.7 Å². The fourth-order valence-electron chi connectivity index (χ4n) is 1.31. The van der Waals surface area contributed by atoms with E-state index in [1.54, 1.807) is 6.08 Å². The number of amides is 1. The zero-order valence-electron chi connectivity index (χ0n) is 11.7. The second-order valence-electron chi connectivity index (χ2n) is 5.19. The van der Waals surface area contributed by atoms with Crippen LogP contribution >= 0.6 is 0 Å². The van der Waals surface area contributed by atoms with Crippen molar-refractivity contribution < 1.29 is 4.79 Å². The minimum atomic E-state index is -0.220. The molecule has 0 heterocycles. The molecule has 102 valence electrons. The molecule has 0 bridgehead atoms. The van der Waals surface area contributed by atoms with Crippen LogP contribution in [0.25, 0.3) is 0 Å². The number of nitrogens with one attached hydrogen (secondary N) is 2. The maximum absolute atomic E-state index is 12.1. The van der Waals surface area contributed by atoms with E-state index in [1.165, 1.54) is 0 Å². The normalized spacial score (nSPS) is 11.8. The molecule has 0 saturated carbocycles. The van der Waals surface area contributed by atoms with E-state index in [4.69, 9.17) is 0 Å². The smallest absolute Gasteiger partial charge is 0.272 e. The van der Waals surface area contributed by atoms with Gasteiger partial charge in [0, 0.05) is 17.6 Å². The molecule has 0 aliphatic carbocycles. The lowest BCUT2D eigenvalue weighted by Crippen LogP contribution is -2.37. The summed E-state index contributed by atoms with van der Waals surface area (Å²) < 4.78 is 0. The van der Waals surface area contributed by atoms with Gasteiger partial charge in [-0.2, -0.15) is 5.10 Å². The lowest BCUT2D eigenvalue weighted by molar-refractivity contribution is -0.114. The van der Waals surface area contributed by atoms with Crippen molar-refractivity contribution in [2.24, 2.45) is 5.10 Å². The Morgan fingerprint density at radius 1 is 1.32 bits per heavy atom. The molecule has 0 atom stereocenters. The van der Waals surface area contributed by atoms with Gasteiger partial charge in [0.15, 0.2) is 5.71 Å². The third kappa shape index (κ3) is 5.38. The zero-order chi connectivity index (χ0) is 14.3. The van der Waals surface area contributed by atoms with Gasteiger partial charge in [-0.1, -0.05) is 36.4 Å². The highest BCUT2D eigenvalue weighted by Gasteiger charge is 2.15. The van der Waals surface area contributed by atoms with Crippen LogP contribution in [0.4, 0.5) is 0 Å². The lowest BCUT2D eigenvalue weighted by atomic mass is 10.1. The number of nitrogens with zero attached hydrogens (tertiary/aromatic N) is 1. The van der Waals surface area contributed by atoms with Gasteiger partial charge in [-0.05, 0) is 20.8 Å². The van der Waals surface area contributed by atoms with Gasteiger partial charge >= 0.3 is 0 Å². The van der Waals surface area contributed by atoms with Gasteiger partial charge in [-0.25, -0.2) is 0 Å². The van der Waals surface area contributed by atoms with Crippen LogP contribution in [0.1, 0.15) is 26.3 Å². The Kier molecular flexibility index (Phi) is 5.30. The minimum absolute atomic E-state index is 0.196. The fraction of sp³-hybridized carbons (Fsp3) is 0.333. The van der Waals surface area contributed by atoms with Crippen molar-refractivity contribution in [2.45, 2.75) is 26.3 Å². The Balaban J connectivity index is 2.97. The molecule has 2 N–H and O–H groups in total. The predicted octanol–water partition coefficient (Wildman–Crippen LogP) is 2.08. The van der Waals surface area contributed by atoms with Gasteiger partial charge in [0.25, 0.3) is 5.91 Å². The molecule has 0 aliphatic heterocycles. The highest BCUT2D eigenvalue weighted by atomic mass is 16.1. The standard InChI is InChI=1S/C15H21N3O/c1-5-11-16-14(19)13(17-18-15(2,3)4)12-9-7-6-8-10-12/h5-10,18H,1,11H2,2-4H3,(H,16,19)/b17-13-. The van der Waals surface area contributed by atoms with Crippen LogP contribution in [0.5, 0.6) is 0 Å². The first-order valence-electron chi connectivity index (χ1n) is 6.23. The maximum Gasteiger partial charge on any atom is 0.272 e. The van der Waals surface area contributed by atoms with Crippen molar-refractivity contribution in [3.05, 3.63) is 48.6 Å². The van der Waals surface area contributed by atoms with Crippen molar-refractivity contribution in [2.75, 3.05) is 6.54 Å². The van der Waals surface area contributed by atoms with E-state index in [1.807, 2.05) is 51.1 Å². The number of hydrogen-bond donors (Lipinski definition) is 2. The second-order valence-corrected chi connectivity index (χ2v) is 5.19. The molecule has 19 heavy (non-hydrogen) atoms. The number of carbonyl (C=O) groups excluding carboxylic acids is 1. The summed E-state index contributed by atoms with van der Waals surface area (Å²) in [6, 6.07) is 9.37. The minimum Gasteiger partial charge on any atom is -0.347 e. The molecule has 0 radical (unpaired) electrons. The summed E-state index contributed by atoms with van der Waals surface area (Å²) in [5, 5.41) is 6.98. The monoisotopic (exact) mass is 259 g/mol. The lowest BCUT2D eigenvalue weighted by Gasteiger charge is -2.18. The summed E-state index contributed by atoms with van der Waals surface area (Å²) in [6.45, 7) is 9.96. The number of hydrazone groups is 1.